The number of carboxylic acids is 1. The molecule has 3 aromatic rings. The maximum atomic E-state index is 11.7. The highest BCUT2D eigenvalue weighted by Gasteiger charge is 2.25. The Morgan fingerprint density at radius 2 is 1.71 bits per heavy atom. The third-order valence-corrected chi connectivity index (χ3v) is 4.23. The van der Waals surface area contributed by atoms with Crippen molar-refractivity contribution in [2.24, 2.45) is 0 Å². The minimum atomic E-state index is -0.906. The molecule has 122 valence electrons. The first kappa shape index (κ1) is 16.3. The largest absolute Gasteiger partial charge is 0.481 e. The van der Waals surface area contributed by atoms with Gasteiger partial charge in [0.1, 0.15) is 11.7 Å². The highest BCUT2D eigenvalue weighted by Crippen LogP contribution is 2.30. The maximum absolute atomic E-state index is 11.7. The van der Waals surface area contributed by atoms with Crippen LogP contribution in [0.4, 0.5) is 0 Å². The summed E-state index contributed by atoms with van der Waals surface area (Å²) in [6, 6.07) is 19.3. The topological polar surface area (TPSA) is 66.0 Å². The number of aryl methyl sites for hydroxylation is 1. The number of nitrogens with one attached hydrogen (secondary N) is 1. The number of H-pyrrole nitrogens is 1. The lowest BCUT2D eigenvalue weighted by Gasteiger charge is -2.11. The molecule has 0 aliphatic heterocycles. The van der Waals surface area contributed by atoms with Gasteiger partial charge in [0, 0.05) is 5.56 Å². The highest BCUT2D eigenvalue weighted by atomic mass is 35.5. The van der Waals surface area contributed by atoms with Crippen molar-refractivity contribution >= 4 is 17.6 Å². The lowest BCUT2D eigenvalue weighted by molar-refractivity contribution is -0.139. The molecule has 0 saturated carbocycles. The molecule has 0 spiro atoms. The molecular formula is C19H17ClN2O2. The van der Waals surface area contributed by atoms with E-state index >= 15 is 0 Å². The Morgan fingerprint density at radius 1 is 1.08 bits per heavy atom. The van der Waals surface area contributed by atoms with Gasteiger partial charge in [-0.25, -0.2) is 4.98 Å². The van der Waals surface area contributed by atoms with Crippen molar-refractivity contribution in [1.82, 2.24) is 9.97 Å². The third-order valence-electron chi connectivity index (χ3n) is 3.94. The number of aromatic amines is 1. The average Bonchev–Trinajstić information content (AvgIpc) is 2.98. The number of rotatable bonds is 6. The molecule has 2 aromatic carbocycles. The van der Waals surface area contributed by atoms with E-state index in [2.05, 4.69) is 9.97 Å². The molecular weight excluding hydrogens is 324 g/mol. The molecule has 2 N–H and O–H groups in total. The Balaban J connectivity index is 1.84. The smallest absolute Gasteiger partial charge is 0.312 e. The predicted octanol–water partition coefficient (Wildman–Crippen LogP) is 4.53. The number of nitrogens with zero attached hydrogens (tertiary/aromatic N) is 1. The van der Waals surface area contributed by atoms with Gasteiger partial charge in [-0.3, -0.25) is 4.79 Å². The lowest BCUT2D eigenvalue weighted by atomic mass is 9.97. The van der Waals surface area contributed by atoms with E-state index in [1.54, 1.807) is 0 Å². The van der Waals surface area contributed by atoms with Crippen molar-refractivity contribution < 1.29 is 9.90 Å². The van der Waals surface area contributed by atoms with Crippen molar-refractivity contribution in [2.45, 2.75) is 18.8 Å². The molecule has 4 nitrogen and oxygen atoms in total. The predicted molar refractivity (Wildman–Crippen MR) is 94.2 cm³/mol. The van der Waals surface area contributed by atoms with Gasteiger partial charge >= 0.3 is 5.97 Å². The quantitative estimate of drug-likeness (QED) is 0.692. The minimum Gasteiger partial charge on any atom is -0.481 e. The van der Waals surface area contributed by atoms with Gasteiger partial charge in [-0.05, 0) is 18.4 Å². The summed E-state index contributed by atoms with van der Waals surface area (Å²) in [6.45, 7) is 0. The molecule has 5 heteroatoms. The van der Waals surface area contributed by atoms with Crippen LogP contribution in [0.2, 0.25) is 5.15 Å². The first-order chi connectivity index (χ1) is 11.6. The molecule has 0 aliphatic carbocycles. The van der Waals surface area contributed by atoms with E-state index in [1.165, 1.54) is 0 Å². The zero-order valence-electron chi connectivity index (χ0n) is 12.9. The molecule has 0 fully saturated rings. The van der Waals surface area contributed by atoms with E-state index in [4.69, 9.17) is 11.6 Å². The fourth-order valence-electron chi connectivity index (χ4n) is 2.68. The van der Waals surface area contributed by atoms with Gasteiger partial charge in [0.25, 0.3) is 0 Å². The summed E-state index contributed by atoms with van der Waals surface area (Å²) in [5, 5.41) is 9.82. The maximum Gasteiger partial charge on any atom is 0.312 e. The van der Waals surface area contributed by atoms with E-state index in [9.17, 15) is 9.90 Å². The van der Waals surface area contributed by atoms with Crippen LogP contribution in [-0.4, -0.2) is 21.0 Å². The van der Waals surface area contributed by atoms with Crippen LogP contribution in [0.1, 0.15) is 23.6 Å². The number of halogens is 1. The first-order valence-electron chi connectivity index (χ1n) is 7.72. The van der Waals surface area contributed by atoms with E-state index in [1.807, 2.05) is 60.7 Å². The molecule has 1 aromatic heterocycles. The molecule has 1 unspecified atom stereocenters. The van der Waals surface area contributed by atoms with Crippen molar-refractivity contribution in [1.29, 1.82) is 0 Å². The van der Waals surface area contributed by atoms with Gasteiger partial charge in [-0.2, -0.15) is 0 Å². The van der Waals surface area contributed by atoms with Gasteiger partial charge in [-0.1, -0.05) is 72.3 Å². The van der Waals surface area contributed by atoms with Crippen LogP contribution in [0.5, 0.6) is 0 Å². The van der Waals surface area contributed by atoms with E-state index in [-0.39, 0.29) is 5.15 Å². The Kier molecular flexibility index (Phi) is 4.96. The monoisotopic (exact) mass is 340 g/mol. The van der Waals surface area contributed by atoms with Gasteiger partial charge in [0.15, 0.2) is 5.15 Å². The summed E-state index contributed by atoms with van der Waals surface area (Å²) in [4.78, 5) is 19.1. The third kappa shape index (κ3) is 3.66. The minimum absolute atomic E-state index is 0.217. The number of hydrogen-bond acceptors (Lipinski definition) is 2. The van der Waals surface area contributed by atoms with Crippen molar-refractivity contribution in [3.63, 3.8) is 0 Å². The highest BCUT2D eigenvalue weighted by molar-refractivity contribution is 6.30. The summed E-state index contributed by atoms with van der Waals surface area (Å²) in [6.07, 6.45) is 1.11. The molecule has 3 rings (SSSR count). The number of aromatic nitrogens is 2. The molecule has 0 amide bonds. The second-order valence-corrected chi connectivity index (χ2v) is 5.93. The zero-order valence-corrected chi connectivity index (χ0v) is 13.7. The summed E-state index contributed by atoms with van der Waals surface area (Å²) in [5.74, 6) is -1.04. The van der Waals surface area contributed by atoms with E-state index < -0.39 is 11.9 Å². The molecule has 0 bridgehead atoms. The fourth-order valence-corrected chi connectivity index (χ4v) is 2.94. The van der Waals surface area contributed by atoms with Crippen molar-refractivity contribution in [3.8, 4) is 11.4 Å². The average molecular weight is 341 g/mol. The summed E-state index contributed by atoms with van der Waals surface area (Å²) in [5.41, 5.74) is 2.43. The van der Waals surface area contributed by atoms with Crippen LogP contribution in [0.3, 0.4) is 0 Å². The number of carbonyl (C=O) groups is 1. The molecule has 1 heterocycles. The standard InChI is InChI=1S/C19H17ClN2O2/c20-17-16(21-18(22-17)14-9-5-2-6-10-14)15(19(23)24)12-11-13-7-3-1-4-8-13/h1-10,15H,11-12H2,(H,21,22)(H,23,24). The Hall–Kier alpha value is -2.59. The van der Waals surface area contributed by atoms with Crippen molar-refractivity contribution in [2.75, 3.05) is 0 Å². The van der Waals surface area contributed by atoms with Gasteiger partial charge in [0.05, 0.1) is 5.69 Å². The number of carboxylic acid groups (broad SMARTS) is 1. The number of hydrogen-bond donors (Lipinski definition) is 2. The summed E-state index contributed by atoms with van der Waals surface area (Å²) >= 11 is 6.21. The Labute approximate surface area is 145 Å². The van der Waals surface area contributed by atoms with Crippen LogP contribution < -0.4 is 0 Å². The second-order valence-electron chi connectivity index (χ2n) is 5.57. The Morgan fingerprint density at radius 3 is 2.33 bits per heavy atom. The zero-order chi connectivity index (χ0) is 16.9. The lowest BCUT2D eigenvalue weighted by Crippen LogP contribution is -2.13. The van der Waals surface area contributed by atoms with Crippen LogP contribution in [0.25, 0.3) is 11.4 Å². The van der Waals surface area contributed by atoms with E-state index in [0.717, 1.165) is 11.1 Å². The van der Waals surface area contributed by atoms with Gasteiger partial charge < -0.3 is 10.1 Å². The second kappa shape index (κ2) is 7.32. The van der Waals surface area contributed by atoms with Crippen LogP contribution in [0, 0.1) is 0 Å². The first-order valence-corrected chi connectivity index (χ1v) is 8.10. The molecule has 1 atom stereocenters. The fraction of sp³-hybridized carbons (Fsp3) is 0.158. The summed E-state index contributed by atoms with van der Waals surface area (Å²) < 4.78 is 0. The summed E-state index contributed by atoms with van der Waals surface area (Å²) in [7, 11) is 0. The molecule has 0 saturated heterocycles. The van der Waals surface area contributed by atoms with Gasteiger partial charge in [0.2, 0.25) is 0 Å². The molecule has 0 radical (unpaired) electrons. The van der Waals surface area contributed by atoms with Crippen LogP contribution in [-0.2, 0) is 11.2 Å². The van der Waals surface area contributed by atoms with Gasteiger partial charge in [-0.15, -0.1) is 0 Å². The van der Waals surface area contributed by atoms with Crippen molar-refractivity contribution in [3.05, 3.63) is 77.1 Å². The van der Waals surface area contributed by atoms with Crippen LogP contribution in [0.15, 0.2) is 60.7 Å². The Bertz CT molecular complexity index is 816. The van der Waals surface area contributed by atoms with E-state index in [0.29, 0.717) is 24.4 Å². The normalized spacial score (nSPS) is 12.0. The molecule has 24 heavy (non-hydrogen) atoms. The SMILES string of the molecule is O=C(O)C(CCc1ccccc1)c1[nH]c(-c2ccccc2)nc1Cl. The number of benzene rings is 2. The number of imidazole rings is 1. The molecule has 0 aliphatic rings. The number of aliphatic carboxylic acids is 1. The van der Waals surface area contributed by atoms with Crippen LogP contribution >= 0.6 is 11.6 Å².